The molecule has 40 heavy (non-hydrogen) atoms. The molecule has 0 atom stereocenters. The van der Waals surface area contributed by atoms with Crippen molar-refractivity contribution in [2.75, 3.05) is 36.0 Å². The Kier molecular flexibility index (Phi) is 17.2. The minimum atomic E-state index is 0. The highest BCUT2D eigenvalue weighted by molar-refractivity contribution is 8.93. The lowest BCUT2D eigenvalue weighted by molar-refractivity contribution is 0.866. The molecule has 4 aromatic rings. The monoisotopic (exact) mass is 664 g/mol. The molecule has 0 saturated heterocycles. The zero-order valence-corrected chi connectivity index (χ0v) is 27.4. The number of aromatic nitrogens is 2. The highest BCUT2D eigenvalue weighted by atomic mass is 79.9. The molecule has 0 saturated carbocycles. The fourth-order valence-corrected chi connectivity index (χ4v) is 4.10. The fraction of sp³-hybridized carbons (Fsp3) is 0.235. The summed E-state index contributed by atoms with van der Waals surface area (Å²) >= 11 is 0. The van der Waals surface area contributed by atoms with Crippen molar-refractivity contribution in [2.24, 2.45) is 0 Å². The molecule has 0 radical (unpaired) electrons. The molecule has 0 spiro atoms. The van der Waals surface area contributed by atoms with E-state index in [9.17, 15) is 0 Å². The van der Waals surface area contributed by atoms with E-state index in [2.05, 4.69) is 120 Å². The lowest BCUT2D eigenvalue weighted by atomic mass is 10.1. The summed E-state index contributed by atoms with van der Waals surface area (Å²) in [5.41, 5.74) is 7.34. The average molecular weight is 667 g/mol. The highest BCUT2D eigenvalue weighted by Crippen LogP contribution is 2.17. The van der Waals surface area contributed by atoms with Crippen molar-refractivity contribution in [2.45, 2.75) is 27.7 Å². The fourth-order valence-electron chi connectivity index (χ4n) is 4.10. The van der Waals surface area contributed by atoms with E-state index >= 15 is 0 Å². The van der Waals surface area contributed by atoms with Crippen LogP contribution in [0.3, 0.4) is 0 Å². The van der Waals surface area contributed by atoms with Gasteiger partial charge in [-0.1, -0.05) is 48.6 Å². The standard InChI is InChI=1S/2C17H20N2.2BrH/c2*1-3-19(4-2)17-9-7-15(8-10-17)5-6-16-11-13-18-14-12-16;;/h2*5-14H,3-4H2,1-2H3;2*1H. The molecule has 0 N–H and O–H groups in total. The van der Waals surface area contributed by atoms with Gasteiger partial charge >= 0.3 is 0 Å². The second-order valence-corrected chi connectivity index (χ2v) is 8.76. The van der Waals surface area contributed by atoms with Crippen molar-refractivity contribution in [3.05, 3.63) is 120 Å². The number of hydrogen-bond acceptors (Lipinski definition) is 4. The SMILES string of the molecule is Br.Br.CCN(CC)c1ccc(C=Cc2ccncc2)cc1.CCN(CC)c1ccc(C=Cc2ccncc2)cc1. The molecular formula is C34H42Br2N4. The third-order valence-electron chi connectivity index (χ3n) is 6.39. The molecule has 0 unspecified atom stereocenters. The van der Waals surface area contributed by atoms with Gasteiger partial charge < -0.3 is 9.80 Å². The van der Waals surface area contributed by atoms with Crippen LogP contribution in [0.2, 0.25) is 0 Å². The van der Waals surface area contributed by atoms with Gasteiger partial charge in [-0.15, -0.1) is 34.0 Å². The molecule has 0 aliphatic rings. The lowest BCUT2D eigenvalue weighted by Gasteiger charge is -2.20. The molecule has 2 aromatic heterocycles. The van der Waals surface area contributed by atoms with Crippen LogP contribution in [-0.4, -0.2) is 36.1 Å². The molecule has 0 aliphatic carbocycles. The van der Waals surface area contributed by atoms with Gasteiger partial charge in [0.25, 0.3) is 0 Å². The van der Waals surface area contributed by atoms with E-state index in [1.165, 1.54) is 33.6 Å². The van der Waals surface area contributed by atoms with Crippen molar-refractivity contribution >= 4 is 69.6 Å². The summed E-state index contributed by atoms with van der Waals surface area (Å²) in [7, 11) is 0. The van der Waals surface area contributed by atoms with Gasteiger partial charge in [-0.3, -0.25) is 9.97 Å². The van der Waals surface area contributed by atoms with Gasteiger partial charge in [0, 0.05) is 62.3 Å². The molecule has 212 valence electrons. The van der Waals surface area contributed by atoms with Crippen LogP contribution in [-0.2, 0) is 0 Å². The molecule has 4 nitrogen and oxygen atoms in total. The number of nitrogens with zero attached hydrogens (tertiary/aromatic N) is 4. The van der Waals surface area contributed by atoms with E-state index < -0.39 is 0 Å². The van der Waals surface area contributed by atoms with Crippen LogP contribution in [0.4, 0.5) is 11.4 Å². The van der Waals surface area contributed by atoms with Crippen LogP contribution >= 0.6 is 34.0 Å². The summed E-state index contributed by atoms with van der Waals surface area (Å²) in [5.74, 6) is 0. The minimum Gasteiger partial charge on any atom is -0.372 e. The second-order valence-electron chi connectivity index (χ2n) is 8.76. The maximum absolute atomic E-state index is 4.01. The minimum absolute atomic E-state index is 0. The first-order chi connectivity index (χ1) is 18.7. The van der Waals surface area contributed by atoms with Crippen LogP contribution in [0.25, 0.3) is 24.3 Å². The third-order valence-corrected chi connectivity index (χ3v) is 6.39. The first kappa shape index (κ1) is 34.8. The summed E-state index contributed by atoms with van der Waals surface area (Å²) in [6.45, 7) is 12.9. The van der Waals surface area contributed by atoms with Crippen molar-refractivity contribution in [3.63, 3.8) is 0 Å². The summed E-state index contributed by atoms with van der Waals surface area (Å²) in [5, 5.41) is 0. The lowest BCUT2D eigenvalue weighted by Crippen LogP contribution is -2.21. The Morgan fingerprint density at radius 2 is 0.675 bits per heavy atom. The molecule has 0 bridgehead atoms. The van der Waals surface area contributed by atoms with Gasteiger partial charge in [0.2, 0.25) is 0 Å². The molecule has 2 heterocycles. The van der Waals surface area contributed by atoms with E-state index in [0.717, 1.165) is 26.2 Å². The highest BCUT2D eigenvalue weighted by Gasteiger charge is 2.01. The summed E-state index contributed by atoms with van der Waals surface area (Å²) in [6.07, 6.45) is 15.7. The van der Waals surface area contributed by atoms with Gasteiger partial charge in [-0.05, 0) is 98.5 Å². The van der Waals surface area contributed by atoms with E-state index in [1.807, 2.05) is 49.1 Å². The van der Waals surface area contributed by atoms with Crippen LogP contribution < -0.4 is 9.80 Å². The molecule has 4 rings (SSSR count). The number of benzene rings is 2. The third kappa shape index (κ3) is 11.5. The smallest absolute Gasteiger partial charge is 0.0366 e. The van der Waals surface area contributed by atoms with Crippen molar-refractivity contribution in [3.8, 4) is 0 Å². The Balaban J connectivity index is 0.000000381. The Morgan fingerprint density at radius 3 is 0.925 bits per heavy atom. The van der Waals surface area contributed by atoms with Gasteiger partial charge in [0.15, 0.2) is 0 Å². The maximum atomic E-state index is 4.01. The van der Waals surface area contributed by atoms with Crippen molar-refractivity contribution in [1.82, 2.24) is 9.97 Å². The number of rotatable bonds is 10. The Hall–Kier alpha value is -3.22. The number of pyridine rings is 2. The zero-order chi connectivity index (χ0) is 27.0. The first-order valence-electron chi connectivity index (χ1n) is 13.5. The van der Waals surface area contributed by atoms with E-state index in [-0.39, 0.29) is 34.0 Å². The largest absolute Gasteiger partial charge is 0.372 e. The van der Waals surface area contributed by atoms with Gasteiger partial charge in [-0.2, -0.15) is 0 Å². The Labute approximate surface area is 262 Å². The van der Waals surface area contributed by atoms with Crippen LogP contribution in [0.1, 0.15) is 49.9 Å². The molecule has 6 heteroatoms. The Bertz CT molecular complexity index is 1130. The van der Waals surface area contributed by atoms with Crippen molar-refractivity contribution < 1.29 is 0 Å². The second kappa shape index (κ2) is 19.8. The van der Waals surface area contributed by atoms with Gasteiger partial charge in [-0.25, -0.2) is 0 Å². The molecule has 0 fully saturated rings. The number of halogens is 2. The van der Waals surface area contributed by atoms with Crippen molar-refractivity contribution in [1.29, 1.82) is 0 Å². The van der Waals surface area contributed by atoms with Crippen LogP contribution in [0.5, 0.6) is 0 Å². The van der Waals surface area contributed by atoms with E-state index in [1.54, 1.807) is 0 Å². The van der Waals surface area contributed by atoms with E-state index in [0.29, 0.717) is 0 Å². The summed E-state index contributed by atoms with van der Waals surface area (Å²) < 4.78 is 0. The predicted octanol–water partition coefficient (Wildman–Crippen LogP) is 9.35. The van der Waals surface area contributed by atoms with Crippen LogP contribution in [0, 0.1) is 0 Å². The maximum Gasteiger partial charge on any atom is 0.0366 e. The van der Waals surface area contributed by atoms with Gasteiger partial charge in [0.1, 0.15) is 0 Å². The number of hydrogen-bond donors (Lipinski definition) is 0. The number of anilines is 2. The predicted molar refractivity (Wildman–Crippen MR) is 187 cm³/mol. The quantitative estimate of drug-likeness (QED) is 0.169. The molecule has 2 aromatic carbocycles. The Morgan fingerprint density at radius 1 is 0.425 bits per heavy atom. The normalized spacial score (nSPS) is 10.3. The van der Waals surface area contributed by atoms with Gasteiger partial charge in [0.05, 0.1) is 0 Å². The molecule has 0 aliphatic heterocycles. The van der Waals surface area contributed by atoms with Crippen LogP contribution in [0.15, 0.2) is 97.6 Å². The summed E-state index contributed by atoms with van der Waals surface area (Å²) in [4.78, 5) is 12.7. The first-order valence-corrected chi connectivity index (χ1v) is 13.5. The molecular weight excluding hydrogens is 624 g/mol. The molecule has 0 amide bonds. The average Bonchev–Trinajstić information content (AvgIpc) is 2.99. The summed E-state index contributed by atoms with van der Waals surface area (Å²) in [6, 6.07) is 25.4. The zero-order valence-electron chi connectivity index (χ0n) is 24.0. The topological polar surface area (TPSA) is 32.3 Å². The van der Waals surface area contributed by atoms with E-state index in [4.69, 9.17) is 0 Å².